The molecule has 0 saturated carbocycles. The molecule has 0 saturated heterocycles. The molecule has 15 heavy (non-hydrogen) atoms. The van der Waals surface area contributed by atoms with Crippen LogP contribution < -0.4 is 0 Å². The first-order chi connectivity index (χ1) is 7.18. The van der Waals surface area contributed by atoms with Gasteiger partial charge in [0, 0.05) is 6.92 Å². The van der Waals surface area contributed by atoms with Crippen molar-refractivity contribution in [2.45, 2.75) is 13.5 Å². The molecular formula is C11H12O4. The molecule has 0 aromatic heterocycles. The lowest BCUT2D eigenvalue weighted by Gasteiger charge is -2.00. The molecule has 1 aromatic carbocycles. The van der Waals surface area contributed by atoms with E-state index in [1.54, 1.807) is 24.3 Å². The zero-order valence-corrected chi connectivity index (χ0v) is 8.34. The minimum absolute atomic E-state index is 0.217. The van der Waals surface area contributed by atoms with Crippen molar-refractivity contribution in [3.8, 4) is 5.75 Å². The Balaban J connectivity index is 2.28. The fourth-order valence-electron chi connectivity index (χ4n) is 0.899. The summed E-state index contributed by atoms with van der Waals surface area (Å²) in [7, 11) is 0. The number of phenols is 1. The van der Waals surface area contributed by atoms with Crippen molar-refractivity contribution in [1.82, 2.24) is 0 Å². The molecule has 0 aliphatic rings. The molecular weight excluding hydrogens is 196 g/mol. The smallest absolute Gasteiger partial charge is 0.307 e. The van der Waals surface area contributed by atoms with E-state index in [4.69, 9.17) is 9.84 Å². The Morgan fingerprint density at radius 1 is 1.33 bits per heavy atom. The molecule has 1 rings (SSSR count). The summed E-state index contributed by atoms with van der Waals surface area (Å²) in [6.07, 6.45) is 2.48. The van der Waals surface area contributed by atoms with E-state index in [-0.39, 0.29) is 11.7 Å². The van der Waals surface area contributed by atoms with Crippen molar-refractivity contribution in [3.63, 3.8) is 0 Å². The van der Waals surface area contributed by atoms with Crippen LogP contribution in [-0.2, 0) is 20.9 Å². The molecule has 1 aromatic rings. The highest BCUT2D eigenvalue weighted by atomic mass is 16.5. The minimum atomic E-state index is -0.389. The molecule has 0 aliphatic heterocycles. The molecule has 0 bridgehead atoms. The Hall–Kier alpha value is -1.97. The maximum atomic E-state index is 10.4. The standard InChI is InChI=1S/C11H12O4/c1-9(12)15-7-6-14-8-10-2-4-11(13)5-3-10/h2-7,13H,8H2,1H3. The van der Waals surface area contributed by atoms with E-state index in [1.807, 2.05) is 0 Å². The van der Waals surface area contributed by atoms with Crippen molar-refractivity contribution in [2.75, 3.05) is 0 Å². The van der Waals surface area contributed by atoms with Gasteiger partial charge in [-0.3, -0.25) is 4.79 Å². The van der Waals surface area contributed by atoms with Gasteiger partial charge in [0.05, 0.1) is 0 Å². The second-order valence-electron chi connectivity index (χ2n) is 2.86. The number of esters is 1. The van der Waals surface area contributed by atoms with Gasteiger partial charge in [-0.25, -0.2) is 0 Å². The first kappa shape index (κ1) is 11.1. The van der Waals surface area contributed by atoms with Gasteiger partial charge in [0.1, 0.15) is 24.9 Å². The van der Waals surface area contributed by atoms with Crippen LogP contribution in [0, 0.1) is 0 Å². The van der Waals surface area contributed by atoms with Crippen LogP contribution in [0.25, 0.3) is 0 Å². The number of carbonyl (C=O) groups excluding carboxylic acids is 1. The Kier molecular flexibility index (Phi) is 4.22. The topological polar surface area (TPSA) is 55.8 Å². The van der Waals surface area contributed by atoms with Crippen LogP contribution in [0.15, 0.2) is 36.8 Å². The Labute approximate surface area is 87.7 Å². The first-order valence-electron chi connectivity index (χ1n) is 4.40. The Morgan fingerprint density at radius 3 is 2.60 bits per heavy atom. The monoisotopic (exact) mass is 208 g/mol. The number of benzene rings is 1. The molecule has 0 unspecified atom stereocenters. The predicted molar refractivity (Wildman–Crippen MR) is 53.8 cm³/mol. The minimum Gasteiger partial charge on any atom is -0.508 e. The summed E-state index contributed by atoms with van der Waals surface area (Å²) in [6.45, 7) is 1.67. The molecule has 0 radical (unpaired) electrons. The highest BCUT2D eigenvalue weighted by molar-refractivity contribution is 5.66. The van der Waals surface area contributed by atoms with Crippen molar-refractivity contribution in [1.29, 1.82) is 0 Å². The van der Waals surface area contributed by atoms with Gasteiger partial charge >= 0.3 is 5.97 Å². The van der Waals surface area contributed by atoms with Gasteiger partial charge in [0.15, 0.2) is 0 Å². The van der Waals surface area contributed by atoms with E-state index < -0.39 is 0 Å². The zero-order chi connectivity index (χ0) is 11.1. The molecule has 0 aliphatic carbocycles. The van der Waals surface area contributed by atoms with E-state index in [0.29, 0.717) is 6.61 Å². The lowest BCUT2D eigenvalue weighted by molar-refractivity contribution is -0.135. The maximum Gasteiger partial charge on any atom is 0.307 e. The average Bonchev–Trinajstić information content (AvgIpc) is 2.20. The number of hydrogen-bond acceptors (Lipinski definition) is 4. The van der Waals surface area contributed by atoms with Crippen molar-refractivity contribution >= 4 is 5.97 Å². The van der Waals surface area contributed by atoms with Crippen LogP contribution in [0.1, 0.15) is 12.5 Å². The third-order valence-electron chi connectivity index (χ3n) is 1.57. The van der Waals surface area contributed by atoms with Crippen LogP contribution in [0.2, 0.25) is 0 Å². The van der Waals surface area contributed by atoms with Crippen molar-refractivity contribution in [2.24, 2.45) is 0 Å². The van der Waals surface area contributed by atoms with Crippen LogP contribution >= 0.6 is 0 Å². The van der Waals surface area contributed by atoms with Crippen LogP contribution in [0.5, 0.6) is 5.75 Å². The summed E-state index contributed by atoms with van der Waals surface area (Å²) in [5.74, 6) is -0.173. The van der Waals surface area contributed by atoms with E-state index in [9.17, 15) is 4.79 Å². The fraction of sp³-hybridized carbons (Fsp3) is 0.182. The van der Waals surface area contributed by atoms with Gasteiger partial charge in [-0.15, -0.1) is 0 Å². The van der Waals surface area contributed by atoms with Crippen LogP contribution in [-0.4, -0.2) is 11.1 Å². The first-order valence-corrected chi connectivity index (χ1v) is 4.40. The van der Waals surface area contributed by atoms with Gasteiger partial charge < -0.3 is 14.6 Å². The van der Waals surface area contributed by atoms with Gasteiger partial charge in [-0.2, -0.15) is 0 Å². The number of carbonyl (C=O) groups is 1. The zero-order valence-electron chi connectivity index (χ0n) is 8.34. The number of hydrogen-bond donors (Lipinski definition) is 1. The SMILES string of the molecule is CC(=O)OC=COCc1ccc(O)cc1. The van der Waals surface area contributed by atoms with Gasteiger partial charge in [-0.1, -0.05) is 12.1 Å². The second-order valence-corrected chi connectivity index (χ2v) is 2.86. The number of rotatable bonds is 4. The molecule has 80 valence electrons. The van der Waals surface area contributed by atoms with Gasteiger partial charge in [-0.05, 0) is 17.7 Å². The fourth-order valence-corrected chi connectivity index (χ4v) is 0.899. The normalized spacial score (nSPS) is 10.2. The highest BCUT2D eigenvalue weighted by Gasteiger charge is 1.92. The summed E-state index contributed by atoms with van der Waals surface area (Å²) < 4.78 is 9.58. The molecule has 0 atom stereocenters. The summed E-state index contributed by atoms with van der Waals surface area (Å²) in [4.78, 5) is 10.4. The second kappa shape index (κ2) is 5.70. The summed E-state index contributed by atoms with van der Waals surface area (Å²) in [6, 6.07) is 6.65. The highest BCUT2D eigenvalue weighted by Crippen LogP contribution is 2.10. The number of phenolic OH excluding ortho intramolecular Hbond substituents is 1. The molecule has 1 N–H and O–H groups in total. The quantitative estimate of drug-likeness (QED) is 0.607. The summed E-state index contributed by atoms with van der Waals surface area (Å²) >= 11 is 0. The number of aromatic hydroxyl groups is 1. The lowest BCUT2D eigenvalue weighted by Crippen LogP contribution is -1.91. The third kappa shape index (κ3) is 4.71. The maximum absolute atomic E-state index is 10.4. The summed E-state index contributed by atoms with van der Waals surface area (Å²) in [5.41, 5.74) is 0.917. The van der Waals surface area contributed by atoms with Crippen molar-refractivity contribution < 1.29 is 19.4 Å². The lowest BCUT2D eigenvalue weighted by atomic mass is 10.2. The number of ether oxygens (including phenoxy) is 2. The van der Waals surface area contributed by atoms with E-state index in [0.717, 1.165) is 5.56 Å². The van der Waals surface area contributed by atoms with E-state index in [2.05, 4.69) is 4.74 Å². The molecule has 4 nitrogen and oxygen atoms in total. The van der Waals surface area contributed by atoms with E-state index in [1.165, 1.54) is 19.4 Å². The molecule has 0 fully saturated rings. The largest absolute Gasteiger partial charge is 0.508 e. The third-order valence-corrected chi connectivity index (χ3v) is 1.57. The van der Waals surface area contributed by atoms with E-state index >= 15 is 0 Å². The van der Waals surface area contributed by atoms with Crippen LogP contribution in [0.3, 0.4) is 0 Å². The Morgan fingerprint density at radius 2 is 2.00 bits per heavy atom. The summed E-state index contributed by atoms with van der Waals surface area (Å²) in [5, 5.41) is 9.02. The average molecular weight is 208 g/mol. The van der Waals surface area contributed by atoms with Gasteiger partial charge in [0.25, 0.3) is 0 Å². The predicted octanol–water partition coefficient (Wildman–Crippen LogP) is 1.94. The molecule has 0 amide bonds. The molecule has 4 heteroatoms. The van der Waals surface area contributed by atoms with Crippen LogP contribution in [0.4, 0.5) is 0 Å². The van der Waals surface area contributed by atoms with Gasteiger partial charge in [0.2, 0.25) is 0 Å². The van der Waals surface area contributed by atoms with Crippen molar-refractivity contribution in [3.05, 3.63) is 42.4 Å². The Bertz CT molecular complexity index is 340. The molecule has 0 spiro atoms. The molecule has 0 heterocycles.